The summed E-state index contributed by atoms with van der Waals surface area (Å²) >= 11 is 0. The predicted octanol–water partition coefficient (Wildman–Crippen LogP) is 3.45. The van der Waals surface area contributed by atoms with Gasteiger partial charge in [0.25, 0.3) is 0 Å². The summed E-state index contributed by atoms with van der Waals surface area (Å²) in [5.74, 6) is 0. The standard InChI is InChI=1S/C21H31N5O/c1-3-11-25-12-8-13-26-19(16-25)14-18(24-26)15-22-21(27)23-20(4-2)17-9-6-5-7-10-17/h5-7,9-10,14,20H,3-4,8,11-13,15-16H2,1-2H3,(H2,22,23,27)/t20-/m0/s1. The Morgan fingerprint density at radius 2 is 2.04 bits per heavy atom. The van der Waals surface area contributed by atoms with E-state index in [1.54, 1.807) is 0 Å². The van der Waals surface area contributed by atoms with E-state index >= 15 is 0 Å². The van der Waals surface area contributed by atoms with E-state index < -0.39 is 0 Å². The maximum atomic E-state index is 12.3. The highest BCUT2D eigenvalue weighted by Gasteiger charge is 2.17. The summed E-state index contributed by atoms with van der Waals surface area (Å²) in [6.07, 6.45) is 3.14. The molecule has 0 bridgehead atoms. The Hall–Kier alpha value is -2.34. The lowest BCUT2D eigenvalue weighted by molar-refractivity contribution is 0.236. The molecule has 3 rings (SSSR count). The molecule has 2 N–H and O–H groups in total. The summed E-state index contributed by atoms with van der Waals surface area (Å²) in [7, 11) is 0. The molecule has 0 saturated carbocycles. The van der Waals surface area contributed by atoms with E-state index in [9.17, 15) is 4.79 Å². The molecule has 6 nitrogen and oxygen atoms in total. The summed E-state index contributed by atoms with van der Waals surface area (Å²) in [6, 6.07) is 12.1. The van der Waals surface area contributed by atoms with Crippen molar-refractivity contribution in [1.29, 1.82) is 0 Å². The summed E-state index contributed by atoms with van der Waals surface area (Å²) in [6.45, 7) is 8.89. The average Bonchev–Trinajstić information content (AvgIpc) is 2.97. The van der Waals surface area contributed by atoms with E-state index in [4.69, 9.17) is 0 Å². The van der Waals surface area contributed by atoms with E-state index in [0.717, 1.165) is 50.3 Å². The van der Waals surface area contributed by atoms with Crippen molar-refractivity contribution in [1.82, 2.24) is 25.3 Å². The Kier molecular flexibility index (Phi) is 6.87. The smallest absolute Gasteiger partial charge is 0.315 e. The zero-order valence-electron chi connectivity index (χ0n) is 16.4. The third-order valence-corrected chi connectivity index (χ3v) is 5.03. The Morgan fingerprint density at radius 3 is 2.78 bits per heavy atom. The monoisotopic (exact) mass is 369 g/mol. The lowest BCUT2D eigenvalue weighted by atomic mass is 10.1. The number of fused-ring (bicyclic) bond motifs is 1. The normalized spacial score (nSPS) is 15.6. The molecule has 27 heavy (non-hydrogen) atoms. The van der Waals surface area contributed by atoms with Crippen molar-refractivity contribution in [2.45, 2.75) is 58.8 Å². The minimum atomic E-state index is -0.151. The zero-order valence-corrected chi connectivity index (χ0v) is 16.4. The minimum absolute atomic E-state index is 0.0208. The highest BCUT2D eigenvalue weighted by atomic mass is 16.2. The molecule has 0 spiro atoms. The number of rotatable bonds is 7. The van der Waals surface area contributed by atoms with Gasteiger partial charge < -0.3 is 10.6 Å². The summed E-state index contributed by atoms with van der Waals surface area (Å²) in [5, 5.41) is 10.7. The number of benzene rings is 1. The number of carbonyl (C=O) groups is 1. The first-order chi connectivity index (χ1) is 13.2. The zero-order chi connectivity index (χ0) is 19.1. The fourth-order valence-electron chi connectivity index (χ4n) is 3.67. The first-order valence-electron chi connectivity index (χ1n) is 10.1. The predicted molar refractivity (Wildman–Crippen MR) is 107 cm³/mol. The number of nitrogens with one attached hydrogen (secondary N) is 2. The fourth-order valence-corrected chi connectivity index (χ4v) is 3.67. The average molecular weight is 370 g/mol. The van der Waals surface area contributed by atoms with Crippen molar-refractivity contribution in [2.75, 3.05) is 13.1 Å². The number of aromatic nitrogens is 2. The van der Waals surface area contributed by atoms with E-state index in [2.05, 4.69) is 45.2 Å². The van der Waals surface area contributed by atoms with Crippen LogP contribution in [0.2, 0.25) is 0 Å². The Labute approximate surface area is 161 Å². The number of nitrogens with zero attached hydrogens (tertiary/aromatic N) is 3. The molecule has 0 radical (unpaired) electrons. The van der Waals surface area contributed by atoms with Crippen molar-refractivity contribution in [3.63, 3.8) is 0 Å². The van der Waals surface area contributed by atoms with Crippen LogP contribution in [-0.4, -0.2) is 33.8 Å². The van der Waals surface area contributed by atoms with Crippen molar-refractivity contribution >= 4 is 6.03 Å². The molecule has 0 aliphatic carbocycles. The van der Waals surface area contributed by atoms with E-state index in [1.165, 1.54) is 12.1 Å². The van der Waals surface area contributed by atoms with Crippen molar-refractivity contribution in [2.24, 2.45) is 0 Å². The lowest BCUT2D eigenvalue weighted by Crippen LogP contribution is -2.37. The Bertz CT molecular complexity index is 727. The molecule has 1 aliphatic heterocycles. The van der Waals surface area contributed by atoms with Crippen LogP contribution in [0.5, 0.6) is 0 Å². The highest BCUT2D eigenvalue weighted by molar-refractivity contribution is 5.74. The Balaban J connectivity index is 1.54. The van der Waals surface area contributed by atoms with Crippen LogP contribution < -0.4 is 10.6 Å². The van der Waals surface area contributed by atoms with Crippen LogP contribution in [0.4, 0.5) is 4.79 Å². The molecule has 2 heterocycles. The molecule has 0 fully saturated rings. The van der Waals surface area contributed by atoms with Crippen molar-refractivity contribution in [3.05, 3.63) is 53.3 Å². The van der Waals surface area contributed by atoms with Gasteiger partial charge in [0.1, 0.15) is 0 Å². The molecule has 1 aromatic carbocycles. The number of hydrogen-bond donors (Lipinski definition) is 2. The number of urea groups is 1. The van der Waals surface area contributed by atoms with Gasteiger partial charge in [0.15, 0.2) is 0 Å². The van der Waals surface area contributed by atoms with Crippen LogP contribution >= 0.6 is 0 Å². The second kappa shape index (κ2) is 9.55. The van der Waals surface area contributed by atoms with Crippen LogP contribution in [0.3, 0.4) is 0 Å². The number of carbonyl (C=O) groups excluding carboxylic acids is 1. The van der Waals surface area contributed by atoms with Gasteiger partial charge in [-0.1, -0.05) is 44.2 Å². The van der Waals surface area contributed by atoms with Gasteiger partial charge in [0.05, 0.1) is 24.0 Å². The Morgan fingerprint density at radius 1 is 1.22 bits per heavy atom. The van der Waals surface area contributed by atoms with Gasteiger partial charge in [-0.3, -0.25) is 9.58 Å². The molecule has 2 amide bonds. The van der Waals surface area contributed by atoms with Gasteiger partial charge in [0.2, 0.25) is 0 Å². The SMILES string of the molecule is CCCN1CCCn2nc(CNC(=O)N[C@@H](CC)c3ccccc3)cc2C1. The first kappa shape index (κ1) is 19.4. The third kappa shape index (κ3) is 5.32. The van der Waals surface area contributed by atoms with Gasteiger partial charge in [-0.25, -0.2) is 4.79 Å². The summed E-state index contributed by atoms with van der Waals surface area (Å²) < 4.78 is 2.10. The highest BCUT2D eigenvalue weighted by Crippen LogP contribution is 2.16. The van der Waals surface area contributed by atoms with Crippen LogP contribution in [0.1, 0.15) is 56.1 Å². The molecular weight excluding hydrogens is 338 g/mol. The van der Waals surface area contributed by atoms with Gasteiger partial charge in [-0.15, -0.1) is 0 Å². The molecule has 2 aromatic rings. The van der Waals surface area contributed by atoms with E-state index in [0.29, 0.717) is 6.54 Å². The molecule has 0 saturated heterocycles. The fraction of sp³-hybridized carbons (Fsp3) is 0.524. The van der Waals surface area contributed by atoms with Crippen LogP contribution in [-0.2, 0) is 19.6 Å². The van der Waals surface area contributed by atoms with Crippen LogP contribution in [0.25, 0.3) is 0 Å². The van der Waals surface area contributed by atoms with E-state index in [1.807, 2.05) is 30.3 Å². The third-order valence-electron chi connectivity index (χ3n) is 5.03. The van der Waals surface area contributed by atoms with Crippen molar-refractivity contribution < 1.29 is 4.79 Å². The maximum absolute atomic E-state index is 12.3. The van der Waals surface area contributed by atoms with Gasteiger partial charge in [-0.2, -0.15) is 5.10 Å². The molecule has 0 unspecified atom stereocenters. The first-order valence-corrected chi connectivity index (χ1v) is 10.1. The topological polar surface area (TPSA) is 62.2 Å². The second-order valence-corrected chi connectivity index (χ2v) is 7.18. The van der Waals surface area contributed by atoms with Gasteiger partial charge >= 0.3 is 6.03 Å². The van der Waals surface area contributed by atoms with Gasteiger partial charge in [-0.05, 0) is 37.4 Å². The van der Waals surface area contributed by atoms with Crippen LogP contribution in [0, 0.1) is 0 Å². The summed E-state index contributed by atoms with van der Waals surface area (Å²) in [5.41, 5.74) is 3.29. The molecule has 146 valence electrons. The molecule has 1 atom stereocenters. The van der Waals surface area contributed by atoms with Gasteiger partial charge in [0, 0.05) is 19.6 Å². The van der Waals surface area contributed by atoms with Crippen molar-refractivity contribution in [3.8, 4) is 0 Å². The number of aryl methyl sites for hydroxylation is 1. The number of amides is 2. The quantitative estimate of drug-likeness (QED) is 0.786. The molecule has 6 heteroatoms. The minimum Gasteiger partial charge on any atom is -0.332 e. The second-order valence-electron chi connectivity index (χ2n) is 7.18. The number of hydrogen-bond acceptors (Lipinski definition) is 3. The largest absolute Gasteiger partial charge is 0.332 e. The maximum Gasteiger partial charge on any atom is 0.315 e. The molecule has 1 aromatic heterocycles. The van der Waals surface area contributed by atoms with E-state index in [-0.39, 0.29) is 12.1 Å². The lowest BCUT2D eigenvalue weighted by Gasteiger charge is -2.18. The molecule has 1 aliphatic rings. The molecular formula is C21H31N5O. The summed E-state index contributed by atoms with van der Waals surface area (Å²) in [4.78, 5) is 14.8. The van der Waals surface area contributed by atoms with Crippen LogP contribution in [0.15, 0.2) is 36.4 Å².